The molecule has 1 aliphatic heterocycles. The smallest absolute Gasteiger partial charge is 0.294 e. The van der Waals surface area contributed by atoms with Gasteiger partial charge in [0.15, 0.2) is 5.82 Å². The van der Waals surface area contributed by atoms with E-state index in [1.54, 1.807) is 0 Å². The molecular weight excluding hydrogens is 494 g/mol. The molecule has 2 N–H and O–H groups in total. The second kappa shape index (κ2) is 13.2. The molecule has 1 aliphatic rings. The lowest BCUT2D eigenvalue weighted by atomic mass is 10.1. The van der Waals surface area contributed by atoms with E-state index >= 15 is 0 Å². The summed E-state index contributed by atoms with van der Waals surface area (Å²) in [4.78, 5) is 32.4. The van der Waals surface area contributed by atoms with E-state index in [2.05, 4.69) is 32.7 Å². The molecule has 196 valence electrons. The second-order valence-electron chi connectivity index (χ2n) is 8.96. The largest absolute Gasteiger partial charge is 0.491 e. The minimum atomic E-state index is -0.451. The highest BCUT2D eigenvalue weighted by Gasteiger charge is 2.18. The highest BCUT2D eigenvalue weighted by molar-refractivity contribution is 6.29. The first-order chi connectivity index (χ1) is 18.0. The zero-order valence-corrected chi connectivity index (χ0v) is 21.6. The predicted octanol–water partition coefficient (Wildman–Crippen LogP) is 2.58. The van der Waals surface area contributed by atoms with Crippen LogP contribution >= 0.6 is 11.6 Å². The molecule has 0 fully saturated rings. The fourth-order valence-corrected chi connectivity index (χ4v) is 4.34. The summed E-state index contributed by atoms with van der Waals surface area (Å²) in [5, 5.41) is 6.24. The Balaban J connectivity index is 1.58. The molecule has 1 atom stereocenters. The minimum absolute atomic E-state index is 0.0919. The number of hydrogen-bond acceptors (Lipinski definition) is 7. The van der Waals surface area contributed by atoms with Crippen molar-refractivity contribution in [2.75, 3.05) is 45.3 Å². The number of rotatable bonds is 2. The van der Waals surface area contributed by atoms with Gasteiger partial charge in [-0.25, -0.2) is 4.98 Å². The summed E-state index contributed by atoms with van der Waals surface area (Å²) in [6.07, 6.45) is 2.07. The van der Waals surface area contributed by atoms with Gasteiger partial charge in [0.25, 0.3) is 5.56 Å². The molecule has 0 radical (unpaired) electrons. The molecule has 1 amide bonds. The van der Waals surface area contributed by atoms with Crippen molar-refractivity contribution in [3.8, 4) is 5.75 Å². The van der Waals surface area contributed by atoms with Gasteiger partial charge in [-0.3, -0.25) is 14.2 Å². The van der Waals surface area contributed by atoms with Crippen LogP contribution in [0.4, 0.5) is 5.82 Å². The van der Waals surface area contributed by atoms with E-state index in [0.29, 0.717) is 45.1 Å². The van der Waals surface area contributed by atoms with E-state index in [9.17, 15) is 9.59 Å². The van der Waals surface area contributed by atoms with E-state index in [4.69, 9.17) is 21.1 Å². The summed E-state index contributed by atoms with van der Waals surface area (Å²) >= 11 is 6.28. The van der Waals surface area contributed by atoms with Crippen molar-refractivity contribution in [1.82, 2.24) is 19.8 Å². The number of carbonyl (C=O) groups excluding carboxylic acids is 1. The third kappa shape index (κ3) is 7.79. The molecule has 2 bridgehead atoms. The highest BCUT2D eigenvalue weighted by Crippen LogP contribution is 2.18. The molecule has 3 aromatic rings. The van der Waals surface area contributed by atoms with E-state index in [-0.39, 0.29) is 36.0 Å². The first kappa shape index (κ1) is 26.7. The molecule has 2 heterocycles. The summed E-state index contributed by atoms with van der Waals surface area (Å²) < 4.78 is 12.9. The maximum atomic E-state index is 13.3. The fraction of sp³-hybridized carbons (Fsp3) is 0.370. The lowest BCUT2D eigenvalue weighted by Crippen LogP contribution is -2.40. The van der Waals surface area contributed by atoms with Gasteiger partial charge in [0.2, 0.25) is 5.91 Å². The maximum absolute atomic E-state index is 13.3. The normalized spacial score (nSPS) is 18.2. The zero-order chi connectivity index (χ0) is 26.0. The van der Waals surface area contributed by atoms with E-state index < -0.39 is 5.56 Å². The van der Waals surface area contributed by atoms with Gasteiger partial charge >= 0.3 is 0 Å². The summed E-state index contributed by atoms with van der Waals surface area (Å²) in [7, 11) is 2.01. The van der Waals surface area contributed by atoms with Crippen LogP contribution in [0.25, 0.3) is 0 Å². The average molecular weight is 526 g/mol. The summed E-state index contributed by atoms with van der Waals surface area (Å²) in [5.41, 5.74) is 1.51. The zero-order valence-electron chi connectivity index (χ0n) is 20.9. The predicted molar refractivity (Wildman–Crippen MR) is 143 cm³/mol. The van der Waals surface area contributed by atoms with Crippen molar-refractivity contribution < 1.29 is 14.3 Å². The van der Waals surface area contributed by atoms with Gasteiger partial charge in [-0.15, -0.1) is 0 Å². The van der Waals surface area contributed by atoms with Crippen molar-refractivity contribution in [1.29, 1.82) is 0 Å². The molecule has 0 aliphatic carbocycles. The highest BCUT2D eigenvalue weighted by atomic mass is 35.5. The third-order valence-corrected chi connectivity index (χ3v) is 6.36. The first-order valence-electron chi connectivity index (χ1n) is 12.3. The number of likely N-dealkylation sites (N-methyl/N-ethyl adjacent to an activating group) is 1. The Hall–Kier alpha value is -3.40. The van der Waals surface area contributed by atoms with Crippen molar-refractivity contribution >= 4 is 23.3 Å². The Morgan fingerprint density at radius 3 is 2.68 bits per heavy atom. The van der Waals surface area contributed by atoms with Crippen LogP contribution in [0, 0.1) is 0 Å². The van der Waals surface area contributed by atoms with Crippen LogP contribution < -0.4 is 20.9 Å². The third-order valence-electron chi connectivity index (χ3n) is 6.06. The van der Waals surface area contributed by atoms with Gasteiger partial charge in [0.1, 0.15) is 24.1 Å². The maximum Gasteiger partial charge on any atom is 0.294 e. The van der Waals surface area contributed by atoms with E-state index in [1.807, 2.05) is 49.5 Å². The molecule has 0 spiro atoms. The fourth-order valence-electron chi connectivity index (χ4n) is 4.15. The lowest BCUT2D eigenvalue weighted by Gasteiger charge is -2.25. The van der Waals surface area contributed by atoms with Gasteiger partial charge in [-0.1, -0.05) is 60.1 Å². The number of ether oxygens (including phenoxy) is 2. The molecule has 37 heavy (non-hydrogen) atoms. The van der Waals surface area contributed by atoms with Crippen molar-refractivity contribution in [2.24, 2.45) is 0 Å². The minimum Gasteiger partial charge on any atom is -0.491 e. The number of benzene rings is 2. The molecule has 0 saturated carbocycles. The SMILES string of the molecule is CN1CCOCCOc2ccccc2CNC(=O)Cn2c(Cl)cnc(c2=O)N[C@@H](Cc2ccccc2)C1. The molecule has 10 heteroatoms. The standard InChI is InChI=1S/C27H32ClN5O4/c1-32-11-12-36-13-14-37-23-10-6-5-9-21(23)16-29-25(34)19-33-24(28)17-30-26(27(33)35)31-22(18-32)15-20-7-3-2-4-8-20/h2-10,17,22H,11-16,18-19H2,1H3,(H,29,34)(H,30,31)/t22-/m0/s1. The van der Waals surface area contributed by atoms with Crippen LogP contribution in [-0.2, 0) is 29.0 Å². The number of hydrogen-bond donors (Lipinski definition) is 2. The molecule has 4 rings (SSSR count). The van der Waals surface area contributed by atoms with E-state index in [1.165, 1.54) is 10.8 Å². The van der Waals surface area contributed by atoms with Crippen LogP contribution in [0.1, 0.15) is 11.1 Å². The summed E-state index contributed by atoms with van der Waals surface area (Å²) in [6.45, 7) is 2.77. The van der Waals surface area contributed by atoms with Gasteiger partial charge in [-0.2, -0.15) is 0 Å². The van der Waals surface area contributed by atoms with Gasteiger partial charge in [0.05, 0.1) is 19.4 Å². The Morgan fingerprint density at radius 2 is 1.84 bits per heavy atom. The molecule has 2 aromatic carbocycles. The van der Waals surface area contributed by atoms with Crippen LogP contribution in [0.3, 0.4) is 0 Å². The number of nitrogens with zero attached hydrogens (tertiary/aromatic N) is 3. The Labute approximate surface area is 221 Å². The van der Waals surface area contributed by atoms with Crippen molar-refractivity contribution in [3.63, 3.8) is 0 Å². The first-order valence-corrected chi connectivity index (χ1v) is 12.7. The van der Waals surface area contributed by atoms with E-state index in [0.717, 1.165) is 11.1 Å². The topological polar surface area (TPSA) is 97.7 Å². The molecule has 0 unspecified atom stereocenters. The van der Waals surface area contributed by atoms with Gasteiger partial charge in [0, 0.05) is 31.2 Å². The van der Waals surface area contributed by atoms with Crippen molar-refractivity contribution in [3.05, 3.63) is 87.4 Å². The molecular formula is C27H32ClN5O4. The van der Waals surface area contributed by atoms with Crippen molar-refractivity contribution in [2.45, 2.75) is 25.6 Å². The van der Waals surface area contributed by atoms with Crippen LogP contribution in [0.5, 0.6) is 5.75 Å². The summed E-state index contributed by atoms with van der Waals surface area (Å²) in [6, 6.07) is 17.4. The number of halogens is 1. The quantitative estimate of drug-likeness (QED) is 0.530. The number of amides is 1. The Morgan fingerprint density at radius 1 is 1.05 bits per heavy atom. The van der Waals surface area contributed by atoms with Crippen LogP contribution in [0.2, 0.25) is 5.15 Å². The summed E-state index contributed by atoms with van der Waals surface area (Å²) in [5.74, 6) is 0.480. The second-order valence-corrected chi connectivity index (χ2v) is 9.35. The average Bonchev–Trinajstić information content (AvgIpc) is 2.89. The van der Waals surface area contributed by atoms with Gasteiger partial charge < -0.3 is 25.0 Å². The number of carbonyl (C=O) groups is 1. The number of anilines is 1. The number of nitrogens with one attached hydrogen (secondary N) is 2. The lowest BCUT2D eigenvalue weighted by molar-refractivity contribution is -0.121. The number of para-hydroxylation sites is 1. The molecule has 1 aromatic heterocycles. The monoisotopic (exact) mass is 525 g/mol. The Kier molecular flexibility index (Phi) is 9.53. The molecule has 0 saturated heterocycles. The van der Waals surface area contributed by atoms with Crippen LogP contribution in [-0.4, -0.2) is 66.4 Å². The molecule has 9 nitrogen and oxygen atoms in total. The van der Waals surface area contributed by atoms with Crippen LogP contribution in [0.15, 0.2) is 65.6 Å². The number of fused-ring (bicyclic) bond motifs is 3. The number of aromatic nitrogens is 2. The van der Waals surface area contributed by atoms with Gasteiger partial charge in [-0.05, 0) is 25.1 Å². The Bertz CT molecular complexity index is 1240.